The summed E-state index contributed by atoms with van der Waals surface area (Å²) < 4.78 is 23.6. The van der Waals surface area contributed by atoms with E-state index in [1.54, 1.807) is 0 Å². The van der Waals surface area contributed by atoms with Gasteiger partial charge in [-0.05, 0) is 0 Å². The van der Waals surface area contributed by atoms with Crippen LogP contribution in [0.4, 0.5) is 0 Å². The van der Waals surface area contributed by atoms with Crippen molar-refractivity contribution in [3.63, 3.8) is 0 Å². The molecule has 13 heteroatoms. The highest BCUT2D eigenvalue weighted by atomic mass is 16.7. The molecule has 0 saturated carbocycles. The van der Waals surface area contributed by atoms with E-state index in [4.69, 9.17) is 21.4 Å². The number of nitrogens with one attached hydrogen (secondary N) is 1. The molecule has 2 heterocycles. The number of ether oxygens (including phenoxy) is 3. The molecular weight excluding hydrogens is 396 g/mol. The summed E-state index contributed by atoms with van der Waals surface area (Å²) in [6.07, 6.45) is -10.7. The fourth-order valence-electron chi connectivity index (χ4n) is 3.38. The van der Waals surface area contributed by atoms with Crippen molar-refractivity contribution >= 4 is 11.7 Å². The minimum Gasteiger partial charge on any atom is -0.394 e. The second-order valence-electron chi connectivity index (χ2n) is 7.11. The zero-order valence-electron chi connectivity index (χ0n) is 16.9. The first kappa shape index (κ1) is 22.4. The van der Waals surface area contributed by atoms with Gasteiger partial charge in [0.25, 0.3) is 0 Å². The number of ketones is 1. The van der Waals surface area contributed by atoms with Crippen LogP contribution in [-0.4, -0.2) is 118 Å². The lowest BCUT2D eigenvalue weighted by Crippen LogP contribution is -2.73. The fourth-order valence-corrected chi connectivity index (χ4v) is 3.38. The van der Waals surface area contributed by atoms with Crippen molar-refractivity contribution in [1.82, 2.24) is 5.32 Å². The van der Waals surface area contributed by atoms with Crippen molar-refractivity contribution in [2.75, 3.05) is 13.2 Å². The van der Waals surface area contributed by atoms with E-state index in [1.165, 1.54) is 0 Å². The standard InChI is InChI=1S/C16H28N2O11/c1-5(21)16(26)14(17)13(11(24)8(4-20)29-16)28-15-9(18-6(2)22)12(25)10(23)7(3-19)27-15/h7-15,19-20,23-26H,3-4,17H2,1-2H3,(H,18,22)/t7-,8-,9-,10-,11+,12-,13+,14-,15+,16?/m1/s1/i26D. The Bertz CT molecular complexity index is 628. The molecule has 9 N–H and O–H groups in total. The highest BCUT2D eigenvalue weighted by Crippen LogP contribution is 2.32. The maximum atomic E-state index is 12.1. The lowest BCUT2D eigenvalue weighted by Gasteiger charge is -2.49. The monoisotopic (exact) mass is 425 g/mol. The Hall–Kier alpha value is -1.26. The number of nitrogens with two attached hydrogens (primary N) is 1. The van der Waals surface area contributed by atoms with Gasteiger partial charge in [0.05, 0.1) is 19.3 Å². The van der Waals surface area contributed by atoms with E-state index in [9.17, 15) is 35.1 Å². The molecule has 10 atom stereocenters. The summed E-state index contributed by atoms with van der Waals surface area (Å²) in [7, 11) is 0. The zero-order valence-corrected chi connectivity index (χ0v) is 15.9. The van der Waals surface area contributed by atoms with Gasteiger partial charge in [0, 0.05) is 13.8 Å². The molecule has 0 radical (unpaired) electrons. The molecule has 2 aliphatic heterocycles. The molecule has 2 saturated heterocycles. The summed E-state index contributed by atoms with van der Waals surface area (Å²) in [6, 6.07) is -2.94. The van der Waals surface area contributed by atoms with Crippen LogP contribution in [-0.2, 0) is 23.8 Å². The first-order chi connectivity index (χ1) is 14.0. The summed E-state index contributed by atoms with van der Waals surface area (Å²) in [5, 5.41) is 56.6. The number of carbonyl (C=O) groups is 2. The van der Waals surface area contributed by atoms with Gasteiger partial charge in [-0.2, -0.15) is 0 Å². The van der Waals surface area contributed by atoms with Crippen molar-refractivity contribution in [2.45, 2.75) is 74.6 Å². The maximum absolute atomic E-state index is 12.1. The van der Waals surface area contributed by atoms with E-state index < -0.39 is 85.7 Å². The molecule has 0 aromatic carbocycles. The van der Waals surface area contributed by atoms with Crippen molar-refractivity contribution in [2.24, 2.45) is 5.73 Å². The van der Waals surface area contributed by atoms with Gasteiger partial charge in [0.15, 0.2) is 12.1 Å². The van der Waals surface area contributed by atoms with E-state index in [2.05, 4.69) is 10.4 Å². The third-order valence-corrected chi connectivity index (χ3v) is 5.05. The molecule has 2 aliphatic rings. The van der Waals surface area contributed by atoms with E-state index in [-0.39, 0.29) is 0 Å². The van der Waals surface area contributed by atoms with E-state index in [0.29, 0.717) is 0 Å². The van der Waals surface area contributed by atoms with Gasteiger partial charge in [0.2, 0.25) is 13.1 Å². The first-order valence-corrected chi connectivity index (χ1v) is 8.96. The summed E-state index contributed by atoms with van der Waals surface area (Å²) in [5.74, 6) is -3.83. The molecule has 0 spiro atoms. The summed E-state index contributed by atoms with van der Waals surface area (Å²) in [6.45, 7) is 0.670. The van der Waals surface area contributed by atoms with Gasteiger partial charge >= 0.3 is 0 Å². The SMILES string of the molecule is [2H]OC1(C(C)=O)O[C@H](CO)[C@H](O)[C@H](O[C@@H]2O[C@H](CO)[C@@H](O)[C@H](O)[C@H]2NC(C)=O)[C@H]1N. The van der Waals surface area contributed by atoms with Gasteiger partial charge in [-0.25, -0.2) is 0 Å². The molecular formula is C16H28N2O11. The van der Waals surface area contributed by atoms with Gasteiger partial charge in [0.1, 0.15) is 42.7 Å². The largest absolute Gasteiger partial charge is 0.394 e. The third kappa shape index (κ3) is 4.59. The number of Topliss-reactive ketones (excluding diaryl/α,β-unsaturated/α-hetero) is 1. The van der Waals surface area contributed by atoms with E-state index >= 15 is 0 Å². The van der Waals surface area contributed by atoms with Crippen LogP contribution in [0.1, 0.15) is 13.8 Å². The topological polar surface area (TPSA) is 221 Å². The van der Waals surface area contributed by atoms with Gasteiger partial charge in [-0.3, -0.25) is 9.59 Å². The molecule has 0 aromatic heterocycles. The number of amides is 1. The quantitative estimate of drug-likeness (QED) is 0.192. The second kappa shape index (κ2) is 9.26. The molecule has 0 aliphatic carbocycles. The molecule has 13 nitrogen and oxygen atoms in total. The van der Waals surface area contributed by atoms with Gasteiger partial charge in [-0.1, -0.05) is 0 Å². The average molecular weight is 425 g/mol. The lowest BCUT2D eigenvalue weighted by atomic mass is 9.88. The molecule has 2 rings (SSSR count). The normalized spacial score (nSPS) is 46.1. The van der Waals surface area contributed by atoms with Crippen molar-refractivity contribution in [3.05, 3.63) is 0 Å². The number of aliphatic hydroxyl groups is 6. The van der Waals surface area contributed by atoms with E-state index in [1.807, 2.05) is 0 Å². The summed E-state index contributed by atoms with van der Waals surface area (Å²) in [5.41, 5.74) is 6.01. The van der Waals surface area contributed by atoms with Crippen LogP contribution < -0.4 is 11.1 Å². The maximum Gasteiger partial charge on any atom is 0.244 e. The smallest absolute Gasteiger partial charge is 0.244 e. The highest BCUT2D eigenvalue weighted by molar-refractivity contribution is 5.84. The second-order valence-corrected chi connectivity index (χ2v) is 7.11. The predicted molar refractivity (Wildman–Crippen MR) is 91.8 cm³/mol. The van der Waals surface area contributed by atoms with Crippen LogP contribution in [0.5, 0.6) is 0 Å². The Balaban J connectivity index is 2.38. The van der Waals surface area contributed by atoms with Crippen molar-refractivity contribution in [3.8, 4) is 0 Å². The summed E-state index contributed by atoms with van der Waals surface area (Å²) in [4.78, 5) is 23.6. The minimum atomic E-state index is -2.38. The van der Waals surface area contributed by atoms with Crippen LogP contribution in [0.3, 0.4) is 0 Å². The molecule has 168 valence electrons. The average Bonchev–Trinajstić information content (AvgIpc) is 2.70. The zero-order chi connectivity index (χ0) is 22.8. The molecule has 1 unspecified atom stereocenters. The third-order valence-electron chi connectivity index (χ3n) is 5.05. The number of carbonyl (C=O) groups excluding carboxylic acids is 2. The molecule has 1 amide bonds. The summed E-state index contributed by atoms with van der Waals surface area (Å²) >= 11 is 0. The fraction of sp³-hybridized carbons (Fsp3) is 0.875. The number of aliphatic hydroxyl groups excluding tert-OH is 5. The van der Waals surface area contributed by atoms with Crippen molar-refractivity contribution < 1.29 is 54.4 Å². The Kier molecular flexibility index (Phi) is 7.16. The molecule has 29 heavy (non-hydrogen) atoms. The Morgan fingerprint density at radius 3 is 2.24 bits per heavy atom. The molecule has 2 fully saturated rings. The Labute approximate surface area is 167 Å². The predicted octanol–water partition coefficient (Wildman–Crippen LogP) is -5.33. The van der Waals surface area contributed by atoms with Crippen molar-refractivity contribution in [1.29, 1.82) is 1.43 Å². The first-order valence-electron chi connectivity index (χ1n) is 9.37. The van der Waals surface area contributed by atoms with Crippen LogP contribution in [0.2, 0.25) is 0 Å². The van der Waals surface area contributed by atoms with Crippen LogP contribution >= 0.6 is 0 Å². The highest BCUT2D eigenvalue weighted by Gasteiger charge is 2.57. The Morgan fingerprint density at radius 1 is 1.14 bits per heavy atom. The number of rotatable bonds is 7. The Morgan fingerprint density at radius 2 is 1.76 bits per heavy atom. The van der Waals surface area contributed by atoms with Crippen LogP contribution in [0.15, 0.2) is 0 Å². The lowest BCUT2D eigenvalue weighted by molar-refractivity contribution is -0.339. The van der Waals surface area contributed by atoms with Crippen LogP contribution in [0, 0.1) is 0 Å². The molecule has 0 aromatic rings. The minimum absolute atomic E-state index is 0.608. The van der Waals surface area contributed by atoms with E-state index in [0.717, 1.165) is 13.8 Å². The van der Waals surface area contributed by atoms with Gasteiger partial charge < -0.3 is 55.9 Å². The number of hydrogen-bond acceptors (Lipinski definition) is 12. The van der Waals surface area contributed by atoms with Gasteiger partial charge in [-0.15, -0.1) is 0 Å². The number of hydrogen-bond donors (Lipinski definition) is 8. The molecule has 0 bridgehead atoms. The van der Waals surface area contributed by atoms with Crippen LogP contribution in [0.25, 0.3) is 0 Å².